The third-order valence-electron chi connectivity index (χ3n) is 4.39. The Labute approximate surface area is 138 Å². The Morgan fingerprint density at radius 3 is 2.74 bits per heavy atom. The quantitative estimate of drug-likeness (QED) is 0.757. The summed E-state index contributed by atoms with van der Waals surface area (Å²) in [7, 11) is 1.52. The van der Waals surface area contributed by atoms with Gasteiger partial charge in [0.15, 0.2) is 5.15 Å². The van der Waals surface area contributed by atoms with Crippen LogP contribution in [0.15, 0.2) is 21.9 Å². The average molecular weight is 338 g/mol. The third-order valence-corrected chi connectivity index (χ3v) is 4.67. The summed E-state index contributed by atoms with van der Waals surface area (Å²) in [6.45, 7) is 3.32. The molecule has 0 unspecified atom stereocenters. The summed E-state index contributed by atoms with van der Waals surface area (Å²) in [5.41, 5.74) is -0.824. The van der Waals surface area contributed by atoms with E-state index in [2.05, 4.69) is 12.0 Å². The van der Waals surface area contributed by atoms with E-state index in [9.17, 15) is 9.59 Å². The summed E-state index contributed by atoms with van der Waals surface area (Å²) in [6.07, 6.45) is 5.52. The van der Waals surface area contributed by atoms with Gasteiger partial charge in [-0.05, 0) is 19.3 Å². The molecule has 3 rings (SSSR count). The van der Waals surface area contributed by atoms with Crippen molar-refractivity contribution in [2.24, 2.45) is 7.05 Å². The number of rotatable bonds is 6. The van der Waals surface area contributed by atoms with Gasteiger partial charge in [-0.15, -0.1) is 0 Å². The first kappa shape index (κ1) is 16.2. The monoisotopic (exact) mass is 337 g/mol. The van der Waals surface area contributed by atoms with Gasteiger partial charge < -0.3 is 9.30 Å². The predicted molar refractivity (Wildman–Crippen MR) is 89.2 cm³/mol. The summed E-state index contributed by atoms with van der Waals surface area (Å²) in [4.78, 5) is 24.6. The normalized spacial score (nSPS) is 16.0. The maximum absolute atomic E-state index is 12.5. The number of fused-ring (bicyclic) bond motifs is 1. The van der Waals surface area contributed by atoms with Gasteiger partial charge in [0.2, 0.25) is 0 Å². The van der Waals surface area contributed by atoms with E-state index in [1.807, 2.05) is 0 Å². The average Bonchev–Trinajstić information content (AvgIpc) is 3.30. The van der Waals surface area contributed by atoms with Crippen molar-refractivity contribution >= 4 is 22.4 Å². The van der Waals surface area contributed by atoms with E-state index in [0.717, 1.165) is 30.4 Å². The second-order valence-corrected chi connectivity index (χ2v) is 6.52. The number of unbranched alkanes of at least 4 members (excludes halogenated alkanes) is 1. The minimum Gasteiger partial charge on any atom is -0.379 e. The van der Waals surface area contributed by atoms with E-state index in [4.69, 9.17) is 16.3 Å². The van der Waals surface area contributed by atoms with Crippen molar-refractivity contribution in [3.8, 4) is 0 Å². The van der Waals surface area contributed by atoms with Crippen LogP contribution in [-0.2, 0) is 17.3 Å². The van der Waals surface area contributed by atoms with Crippen LogP contribution in [0, 0.1) is 0 Å². The highest BCUT2D eigenvalue weighted by atomic mass is 35.5. The molecule has 124 valence electrons. The fourth-order valence-electron chi connectivity index (χ4n) is 2.76. The first-order valence-corrected chi connectivity index (χ1v) is 8.24. The van der Waals surface area contributed by atoms with Crippen molar-refractivity contribution in [1.29, 1.82) is 0 Å². The van der Waals surface area contributed by atoms with Gasteiger partial charge in [0.1, 0.15) is 0 Å². The van der Waals surface area contributed by atoms with E-state index in [-0.39, 0.29) is 21.8 Å². The van der Waals surface area contributed by atoms with E-state index in [1.165, 1.54) is 13.1 Å². The molecule has 1 aliphatic carbocycles. The summed E-state index contributed by atoms with van der Waals surface area (Å²) < 4.78 is 8.53. The summed E-state index contributed by atoms with van der Waals surface area (Å²) in [5.74, 6) is 0. The standard InChI is InChI=1S/C16H20ClN3O3/c1-3-4-7-23-10-16(5-6-16)20-9-12-11(8-13(20)21)15(22)19(2)18-14(12)17/h8-9H,3-7,10H2,1-2H3. The number of ether oxygens (including phenoxy) is 1. The molecule has 23 heavy (non-hydrogen) atoms. The number of pyridine rings is 1. The Balaban J connectivity index is 2.01. The summed E-state index contributed by atoms with van der Waals surface area (Å²) in [5, 5.41) is 5.02. The zero-order valence-corrected chi connectivity index (χ0v) is 14.1. The maximum atomic E-state index is 12.5. The molecule has 0 spiro atoms. The van der Waals surface area contributed by atoms with Crippen LogP contribution in [0.5, 0.6) is 0 Å². The third kappa shape index (κ3) is 2.93. The Morgan fingerprint density at radius 2 is 2.09 bits per heavy atom. The van der Waals surface area contributed by atoms with Gasteiger partial charge in [0, 0.05) is 31.3 Å². The maximum Gasteiger partial charge on any atom is 0.274 e. The van der Waals surface area contributed by atoms with Gasteiger partial charge in [0.25, 0.3) is 11.1 Å². The van der Waals surface area contributed by atoms with Crippen LogP contribution in [0.1, 0.15) is 32.6 Å². The van der Waals surface area contributed by atoms with Crippen molar-refractivity contribution in [3.63, 3.8) is 0 Å². The van der Waals surface area contributed by atoms with E-state index < -0.39 is 0 Å². The van der Waals surface area contributed by atoms with E-state index in [0.29, 0.717) is 24.0 Å². The largest absolute Gasteiger partial charge is 0.379 e. The number of aromatic nitrogens is 3. The van der Waals surface area contributed by atoms with Crippen LogP contribution in [0.4, 0.5) is 0 Å². The van der Waals surface area contributed by atoms with Gasteiger partial charge in [-0.3, -0.25) is 9.59 Å². The molecule has 7 heteroatoms. The van der Waals surface area contributed by atoms with Crippen molar-refractivity contribution in [1.82, 2.24) is 14.3 Å². The fourth-order valence-corrected chi connectivity index (χ4v) is 3.02. The molecule has 0 saturated heterocycles. The van der Waals surface area contributed by atoms with Gasteiger partial charge in [0.05, 0.1) is 17.5 Å². The Kier molecular flexibility index (Phi) is 4.29. The highest BCUT2D eigenvalue weighted by Crippen LogP contribution is 2.43. The number of aryl methyl sites for hydroxylation is 1. The summed E-state index contributed by atoms with van der Waals surface area (Å²) in [6, 6.07) is 1.36. The predicted octanol–water partition coefficient (Wildman–Crippen LogP) is 2.05. The zero-order chi connectivity index (χ0) is 16.6. The highest BCUT2D eigenvalue weighted by Gasteiger charge is 2.45. The lowest BCUT2D eigenvalue weighted by Gasteiger charge is -2.19. The molecule has 0 amide bonds. The first-order chi connectivity index (χ1) is 11.0. The van der Waals surface area contributed by atoms with Gasteiger partial charge in [-0.25, -0.2) is 4.68 Å². The molecule has 2 aromatic heterocycles. The second kappa shape index (κ2) is 6.09. The topological polar surface area (TPSA) is 66.1 Å². The first-order valence-electron chi connectivity index (χ1n) is 7.86. The SMILES string of the molecule is CCCCOCC1(n2cc3c(Cl)nn(C)c(=O)c3cc2=O)CC1. The molecule has 0 bridgehead atoms. The van der Waals surface area contributed by atoms with Gasteiger partial charge in [-0.1, -0.05) is 24.9 Å². The zero-order valence-electron chi connectivity index (χ0n) is 13.3. The van der Waals surface area contributed by atoms with Crippen molar-refractivity contribution in [3.05, 3.63) is 38.1 Å². The lowest BCUT2D eigenvalue weighted by atomic mass is 10.2. The number of nitrogens with zero attached hydrogens (tertiary/aromatic N) is 3. The molecule has 1 aliphatic rings. The van der Waals surface area contributed by atoms with Crippen LogP contribution in [0.3, 0.4) is 0 Å². The molecule has 0 atom stereocenters. The Hall–Kier alpha value is -1.66. The second-order valence-electron chi connectivity index (χ2n) is 6.16. The molecule has 1 fully saturated rings. The van der Waals surface area contributed by atoms with Crippen molar-refractivity contribution in [2.75, 3.05) is 13.2 Å². The van der Waals surface area contributed by atoms with Crippen LogP contribution in [0.25, 0.3) is 10.8 Å². The Morgan fingerprint density at radius 1 is 1.35 bits per heavy atom. The molecular weight excluding hydrogens is 318 g/mol. The highest BCUT2D eigenvalue weighted by molar-refractivity contribution is 6.34. The van der Waals surface area contributed by atoms with Crippen LogP contribution in [0.2, 0.25) is 5.15 Å². The van der Waals surface area contributed by atoms with E-state index in [1.54, 1.807) is 10.8 Å². The van der Waals surface area contributed by atoms with Crippen molar-refractivity contribution < 1.29 is 4.74 Å². The van der Waals surface area contributed by atoms with Gasteiger partial charge in [-0.2, -0.15) is 5.10 Å². The molecule has 1 saturated carbocycles. The van der Waals surface area contributed by atoms with Crippen LogP contribution in [-0.4, -0.2) is 27.6 Å². The molecule has 6 nitrogen and oxygen atoms in total. The van der Waals surface area contributed by atoms with Gasteiger partial charge >= 0.3 is 0 Å². The minimum atomic E-state index is -0.322. The molecule has 2 heterocycles. The molecule has 0 radical (unpaired) electrons. The fraction of sp³-hybridized carbons (Fsp3) is 0.562. The molecule has 0 aliphatic heterocycles. The Bertz CT molecular complexity index is 852. The molecule has 0 aromatic carbocycles. The van der Waals surface area contributed by atoms with Crippen molar-refractivity contribution in [2.45, 2.75) is 38.1 Å². The number of hydrogen-bond acceptors (Lipinski definition) is 4. The lowest BCUT2D eigenvalue weighted by Crippen LogP contribution is -2.34. The number of hydrogen-bond donors (Lipinski definition) is 0. The molecule has 0 N–H and O–H groups in total. The van der Waals surface area contributed by atoms with Crippen LogP contribution < -0.4 is 11.1 Å². The minimum absolute atomic E-state index is 0.201. The van der Waals surface area contributed by atoms with Crippen LogP contribution >= 0.6 is 11.6 Å². The molecule has 2 aromatic rings. The smallest absolute Gasteiger partial charge is 0.274 e. The lowest BCUT2D eigenvalue weighted by molar-refractivity contribution is 0.0898. The summed E-state index contributed by atoms with van der Waals surface area (Å²) >= 11 is 6.16. The van der Waals surface area contributed by atoms with E-state index >= 15 is 0 Å². The molecular formula is C16H20ClN3O3. The number of halogens is 1.